The first-order valence-corrected chi connectivity index (χ1v) is 9.76. The highest BCUT2D eigenvalue weighted by atomic mass is 79.9. The second kappa shape index (κ2) is 7.37. The highest BCUT2D eigenvalue weighted by Crippen LogP contribution is 2.38. The Hall–Kier alpha value is -1.92. The summed E-state index contributed by atoms with van der Waals surface area (Å²) in [6.45, 7) is 1.43. The van der Waals surface area contributed by atoms with Crippen molar-refractivity contribution in [1.82, 2.24) is 9.97 Å². The highest BCUT2D eigenvalue weighted by Gasteiger charge is 2.28. The SMILES string of the molecule is CN(Cc1ccccc1Cl)c1ncc(Br)c(NC2=NCC(C3CC3)=C2)n1. The van der Waals surface area contributed by atoms with Gasteiger partial charge < -0.3 is 10.2 Å². The molecule has 1 aromatic carbocycles. The van der Waals surface area contributed by atoms with Gasteiger partial charge in [0, 0.05) is 24.8 Å². The number of nitrogens with one attached hydrogen (secondary N) is 1. The van der Waals surface area contributed by atoms with E-state index in [-0.39, 0.29) is 0 Å². The third-order valence-electron chi connectivity index (χ3n) is 4.54. The van der Waals surface area contributed by atoms with E-state index < -0.39 is 0 Å². The minimum Gasteiger partial charge on any atom is -0.339 e. The summed E-state index contributed by atoms with van der Waals surface area (Å²) in [6, 6.07) is 7.80. The second-order valence-corrected chi connectivity index (χ2v) is 7.90. The molecular formula is C19H19BrClN5. The largest absolute Gasteiger partial charge is 0.339 e. The first-order valence-electron chi connectivity index (χ1n) is 8.59. The molecular weight excluding hydrogens is 414 g/mol. The molecule has 0 spiro atoms. The third-order valence-corrected chi connectivity index (χ3v) is 5.49. The van der Waals surface area contributed by atoms with Gasteiger partial charge in [-0.15, -0.1) is 0 Å². The standard InChI is InChI=1S/C19H19BrClN5/c1-26(11-13-4-2-3-5-16(13)21)19-23-10-15(20)18(25-19)24-17-8-14(9-22-17)12-6-7-12/h2-5,8,10,12H,6-7,9,11H2,1H3,(H,22,23,24,25). The topological polar surface area (TPSA) is 53.4 Å². The zero-order valence-electron chi connectivity index (χ0n) is 14.4. The van der Waals surface area contributed by atoms with E-state index >= 15 is 0 Å². The van der Waals surface area contributed by atoms with Gasteiger partial charge in [-0.05, 0) is 58.0 Å². The Morgan fingerprint density at radius 3 is 2.88 bits per heavy atom. The van der Waals surface area contributed by atoms with Gasteiger partial charge in [-0.3, -0.25) is 4.99 Å². The first-order chi connectivity index (χ1) is 12.6. The molecule has 2 aromatic rings. The number of aromatic nitrogens is 2. The fourth-order valence-electron chi connectivity index (χ4n) is 2.92. The summed E-state index contributed by atoms with van der Waals surface area (Å²) in [5.41, 5.74) is 2.46. The molecule has 0 bridgehead atoms. The predicted octanol–water partition coefficient (Wildman–Crippen LogP) is 4.69. The van der Waals surface area contributed by atoms with Crippen LogP contribution in [0.5, 0.6) is 0 Å². The lowest BCUT2D eigenvalue weighted by atomic mass is 10.2. The molecule has 4 rings (SSSR count). The van der Waals surface area contributed by atoms with Crippen molar-refractivity contribution in [2.75, 3.05) is 23.8 Å². The Morgan fingerprint density at radius 2 is 2.12 bits per heavy atom. The average molecular weight is 433 g/mol. The summed E-state index contributed by atoms with van der Waals surface area (Å²) in [6.07, 6.45) is 6.50. The molecule has 2 heterocycles. The fourth-order valence-corrected chi connectivity index (χ4v) is 3.41. The molecule has 0 radical (unpaired) electrons. The number of hydrogen-bond acceptors (Lipinski definition) is 5. The van der Waals surface area contributed by atoms with Gasteiger partial charge in [0.15, 0.2) is 5.82 Å². The number of rotatable bonds is 5. The molecule has 134 valence electrons. The van der Waals surface area contributed by atoms with Crippen LogP contribution in [0.25, 0.3) is 0 Å². The van der Waals surface area contributed by atoms with Crippen LogP contribution in [0.2, 0.25) is 5.02 Å². The summed E-state index contributed by atoms with van der Waals surface area (Å²) in [5.74, 6) is 2.95. The van der Waals surface area contributed by atoms with Crippen LogP contribution in [0.15, 0.2) is 51.6 Å². The Labute approximate surface area is 166 Å². The molecule has 2 aliphatic rings. The van der Waals surface area contributed by atoms with E-state index in [1.807, 2.05) is 36.2 Å². The van der Waals surface area contributed by atoms with Gasteiger partial charge in [-0.2, -0.15) is 4.98 Å². The normalized spacial score (nSPS) is 16.3. The smallest absolute Gasteiger partial charge is 0.227 e. The van der Waals surface area contributed by atoms with Crippen LogP contribution in [-0.2, 0) is 6.54 Å². The lowest BCUT2D eigenvalue weighted by molar-refractivity contribution is 0.867. The summed E-state index contributed by atoms with van der Waals surface area (Å²) >= 11 is 9.78. The van der Waals surface area contributed by atoms with E-state index in [1.165, 1.54) is 18.4 Å². The average Bonchev–Trinajstić information content (AvgIpc) is 3.38. The van der Waals surface area contributed by atoms with E-state index in [0.29, 0.717) is 18.3 Å². The summed E-state index contributed by atoms with van der Waals surface area (Å²) in [4.78, 5) is 15.6. The fraction of sp³-hybridized carbons (Fsp3) is 0.316. The zero-order chi connectivity index (χ0) is 18.1. The molecule has 1 aromatic heterocycles. The maximum Gasteiger partial charge on any atom is 0.227 e. The lowest BCUT2D eigenvalue weighted by Crippen LogP contribution is -2.20. The summed E-state index contributed by atoms with van der Waals surface area (Å²) < 4.78 is 0.809. The Bertz CT molecular complexity index is 891. The molecule has 1 N–H and O–H groups in total. The van der Waals surface area contributed by atoms with Gasteiger partial charge in [0.05, 0.1) is 11.0 Å². The third kappa shape index (κ3) is 3.91. The van der Waals surface area contributed by atoms with Gasteiger partial charge in [0.1, 0.15) is 5.84 Å². The van der Waals surface area contributed by atoms with Crippen molar-refractivity contribution in [2.24, 2.45) is 10.9 Å². The molecule has 1 saturated carbocycles. The quantitative estimate of drug-likeness (QED) is 0.745. The number of nitrogens with zero attached hydrogens (tertiary/aromatic N) is 4. The zero-order valence-corrected chi connectivity index (χ0v) is 16.8. The minimum absolute atomic E-state index is 0.626. The molecule has 1 aliphatic heterocycles. The Balaban J connectivity index is 1.50. The number of benzene rings is 1. The molecule has 0 unspecified atom stereocenters. The number of amidine groups is 1. The highest BCUT2D eigenvalue weighted by molar-refractivity contribution is 9.10. The van der Waals surface area contributed by atoms with Crippen molar-refractivity contribution in [3.8, 4) is 0 Å². The van der Waals surface area contributed by atoms with Crippen LogP contribution in [-0.4, -0.2) is 29.4 Å². The van der Waals surface area contributed by atoms with Crippen molar-refractivity contribution in [3.05, 3.63) is 57.2 Å². The van der Waals surface area contributed by atoms with Gasteiger partial charge >= 0.3 is 0 Å². The number of aliphatic imine (C=N–C) groups is 1. The van der Waals surface area contributed by atoms with E-state index in [4.69, 9.17) is 11.6 Å². The van der Waals surface area contributed by atoms with Crippen LogP contribution in [0, 0.1) is 5.92 Å². The maximum atomic E-state index is 6.26. The summed E-state index contributed by atoms with van der Waals surface area (Å²) in [7, 11) is 1.95. The molecule has 26 heavy (non-hydrogen) atoms. The van der Waals surface area contributed by atoms with Gasteiger partial charge in [-0.25, -0.2) is 4.98 Å². The molecule has 0 amide bonds. The number of anilines is 2. The van der Waals surface area contributed by atoms with Gasteiger partial charge in [0.25, 0.3) is 0 Å². The monoisotopic (exact) mass is 431 g/mol. The van der Waals surface area contributed by atoms with Crippen molar-refractivity contribution < 1.29 is 0 Å². The van der Waals surface area contributed by atoms with Crippen molar-refractivity contribution >= 4 is 45.1 Å². The van der Waals surface area contributed by atoms with Crippen LogP contribution >= 0.6 is 27.5 Å². The Morgan fingerprint density at radius 1 is 1.31 bits per heavy atom. The maximum absolute atomic E-state index is 6.26. The molecule has 1 aliphatic carbocycles. The van der Waals surface area contributed by atoms with Crippen molar-refractivity contribution in [2.45, 2.75) is 19.4 Å². The van der Waals surface area contributed by atoms with Gasteiger partial charge in [-0.1, -0.05) is 29.8 Å². The van der Waals surface area contributed by atoms with E-state index in [9.17, 15) is 0 Å². The molecule has 5 nitrogen and oxygen atoms in total. The molecule has 0 saturated heterocycles. The Kier molecular flexibility index (Phi) is 4.96. The van der Waals surface area contributed by atoms with Gasteiger partial charge in [0.2, 0.25) is 5.95 Å². The van der Waals surface area contributed by atoms with Crippen molar-refractivity contribution in [1.29, 1.82) is 0 Å². The van der Waals surface area contributed by atoms with E-state index in [2.05, 4.69) is 42.3 Å². The lowest BCUT2D eigenvalue weighted by Gasteiger charge is -2.19. The molecule has 7 heteroatoms. The van der Waals surface area contributed by atoms with Crippen LogP contribution in [0.1, 0.15) is 18.4 Å². The molecule has 0 atom stereocenters. The van der Waals surface area contributed by atoms with Crippen molar-refractivity contribution in [3.63, 3.8) is 0 Å². The first kappa shape index (κ1) is 17.5. The van der Waals surface area contributed by atoms with E-state index in [0.717, 1.165) is 33.4 Å². The van der Waals surface area contributed by atoms with Crippen LogP contribution < -0.4 is 10.2 Å². The summed E-state index contributed by atoms with van der Waals surface area (Å²) in [5, 5.41) is 4.06. The number of halogens is 2. The number of hydrogen-bond donors (Lipinski definition) is 1. The van der Waals surface area contributed by atoms with Crippen LogP contribution in [0.4, 0.5) is 11.8 Å². The second-order valence-electron chi connectivity index (χ2n) is 6.63. The minimum atomic E-state index is 0.626. The van der Waals surface area contributed by atoms with Crippen LogP contribution in [0.3, 0.4) is 0 Å². The molecule has 1 fully saturated rings. The van der Waals surface area contributed by atoms with E-state index in [1.54, 1.807) is 6.20 Å². The predicted molar refractivity (Wildman–Crippen MR) is 110 cm³/mol.